The number of nitrogens with two attached hydrogens (primary N) is 1. The van der Waals surface area contributed by atoms with E-state index in [2.05, 4.69) is 17.2 Å². The van der Waals surface area contributed by atoms with Crippen molar-refractivity contribution in [2.75, 3.05) is 13.2 Å². The summed E-state index contributed by atoms with van der Waals surface area (Å²) in [5, 5.41) is 11.0. The number of carbonyl (C=O) groups excluding carboxylic acids is 2. The zero-order valence-corrected chi connectivity index (χ0v) is 9.77. The number of rotatable bonds is 4. The molecular formula is C13H14N2O3. The van der Waals surface area contributed by atoms with E-state index in [9.17, 15) is 9.59 Å². The second kappa shape index (κ2) is 7.09. The summed E-state index contributed by atoms with van der Waals surface area (Å²) in [5.74, 6) is 4.62. The third-order valence-corrected chi connectivity index (χ3v) is 2.02. The highest BCUT2D eigenvalue weighted by Gasteiger charge is 2.06. The quantitative estimate of drug-likeness (QED) is 0.633. The molecule has 1 aromatic carbocycles. The van der Waals surface area contributed by atoms with Crippen molar-refractivity contribution in [3.63, 3.8) is 0 Å². The van der Waals surface area contributed by atoms with Crippen molar-refractivity contribution in [1.29, 1.82) is 0 Å². The monoisotopic (exact) mass is 246 g/mol. The number of nitrogens with one attached hydrogen (secondary N) is 1. The number of hydrogen-bond acceptors (Lipinski definition) is 3. The highest BCUT2D eigenvalue weighted by atomic mass is 16.2. The number of aliphatic hydroxyl groups is 1. The highest BCUT2D eigenvalue weighted by molar-refractivity contribution is 5.96. The summed E-state index contributed by atoms with van der Waals surface area (Å²) >= 11 is 0. The molecule has 94 valence electrons. The Kier molecular flexibility index (Phi) is 5.42. The van der Waals surface area contributed by atoms with Crippen molar-refractivity contribution in [3.8, 4) is 11.8 Å². The lowest BCUT2D eigenvalue weighted by molar-refractivity contribution is -0.117. The van der Waals surface area contributed by atoms with E-state index in [0.29, 0.717) is 17.5 Å². The maximum Gasteiger partial charge on any atom is 0.251 e. The van der Waals surface area contributed by atoms with Crippen LogP contribution in [0.3, 0.4) is 0 Å². The molecule has 5 nitrogen and oxygen atoms in total. The standard InChI is InChI=1S/C13H14N2O3/c14-12(17)9-15-13(18)11-6-3-5-10(8-11)4-1-2-7-16/h3,5-6,8,16H,2,7,9H2,(H2,14,17)(H,15,18). The van der Waals surface area contributed by atoms with Crippen LogP contribution in [0.2, 0.25) is 0 Å². The maximum absolute atomic E-state index is 11.6. The summed E-state index contributed by atoms with van der Waals surface area (Å²) in [4.78, 5) is 22.2. The van der Waals surface area contributed by atoms with Crippen LogP contribution in [-0.4, -0.2) is 30.1 Å². The molecule has 4 N–H and O–H groups in total. The van der Waals surface area contributed by atoms with Gasteiger partial charge >= 0.3 is 0 Å². The fourth-order valence-electron chi connectivity index (χ4n) is 1.23. The Hall–Kier alpha value is -2.32. The SMILES string of the molecule is NC(=O)CNC(=O)c1cccc(C#CCCO)c1. The molecule has 0 radical (unpaired) electrons. The molecule has 1 rings (SSSR count). The molecule has 0 aromatic heterocycles. The van der Waals surface area contributed by atoms with Crippen LogP contribution in [0.4, 0.5) is 0 Å². The lowest BCUT2D eigenvalue weighted by Gasteiger charge is -2.02. The molecule has 0 fully saturated rings. The molecule has 0 unspecified atom stereocenters. The van der Waals surface area contributed by atoms with Gasteiger partial charge in [0.1, 0.15) is 0 Å². The van der Waals surface area contributed by atoms with E-state index in [1.165, 1.54) is 0 Å². The zero-order chi connectivity index (χ0) is 13.4. The molecular weight excluding hydrogens is 232 g/mol. The fourth-order valence-corrected chi connectivity index (χ4v) is 1.23. The van der Waals surface area contributed by atoms with Gasteiger partial charge in [0.25, 0.3) is 5.91 Å². The van der Waals surface area contributed by atoms with Gasteiger partial charge in [-0.05, 0) is 18.2 Å². The number of benzene rings is 1. The van der Waals surface area contributed by atoms with Crippen molar-refractivity contribution in [3.05, 3.63) is 35.4 Å². The first-order chi connectivity index (χ1) is 8.63. The smallest absolute Gasteiger partial charge is 0.251 e. The van der Waals surface area contributed by atoms with Crippen LogP contribution >= 0.6 is 0 Å². The Balaban J connectivity index is 2.73. The highest BCUT2D eigenvalue weighted by Crippen LogP contribution is 2.04. The first-order valence-corrected chi connectivity index (χ1v) is 5.40. The van der Waals surface area contributed by atoms with Crippen LogP contribution in [0.25, 0.3) is 0 Å². The van der Waals surface area contributed by atoms with Gasteiger partial charge in [0.05, 0.1) is 13.2 Å². The molecule has 0 saturated heterocycles. The maximum atomic E-state index is 11.6. The third-order valence-electron chi connectivity index (χ3n) is 2.02. The number of aliphatic hydroxyl groups excluding tert-OH is 1. The average Bonchev–Trinajstić information content (AvgIpc) is 2.36. The lowest BCUT2D eigenvalue weighted by Crippen LogP contribution is -2.33. The summed E-state index contributed by atoms with van der Waals surface area (Å²) in [6, 6.07) is 6.69. The minimum absolute atomic E-state index is 0.00574. The minimum atomic E-state index is -0.595. The first kappa shape index (κ1) is 13.7. The largest absolute Gasteiger partial charge is 0.395 e. The van der Waals surface area contributed by atoms with Gasteiger partial charge in [0.15, 0.2) is 0 Å². The van der Waals surface area contributed by atoms with Crippen LogP contribution in [-0.2, 0) is 4.79 Å². The van der Waals surface area contributed by atoms with Gasteiger partial charge in [-0.2, -0.15) is 0 Å². The average molecular weight is 246 g/mol. The van der Waals surface area contributed by atoms with E-state index in [0.717, 1.165) is 0 Å². The Labute approximate surface area is 105 Å². The summed E-state index contributed by atoms with van der Waals surface area (Å²) in [7, 11) is 0. The molecule has 0 spiro atoms. The fraction of sp³-hybridized carbons (Fsp3) is 0.231. The molecule has 0 heterocycles. The molecule has 5 heteroatoms. The predicted molar refractivity (Wildman–Crippen MR) is 66.6 cm³/mol. The zero-order valence-electron chi connectivity index (χ0n) is 9.77. The van der Waals surface area contributed by atoms with E-state index < -0.39 is 5.91 Å². The Morgan fingerprint density at radius 2 is 2.17 bits per heavy atom. The molecule has 0 atom stereocenters. The molecule has 2 amide bonds. The minimum Gasteiger partial charge on any atom is -0.395 e. The van der Waals surface area contributed by atoms with Gasteiger partial charge < -0.3 is 16.2 Å². The van der Waals surface area contributed by atoms with E-state index in [1.807, 2.05) is 0 Å². The van der Waals surface area contributed by atoms with Crippen molar-refractivity contribution >= 4 is 11.8 Å². The summed E-state index contributed by atoms with van der Waals surface area (Å²) in [6.07, 6.45) is 0.387. The molecule has 0 bridgehead atoms. The summed E-state index contributed by atoms with van der Waals surface area (Å²) in [5.41, 5.74) is 6.02. The Bertz CT molecular complexity index is 500. The molecule has 0 saturated carbocycles. The predicted octanol–water partition coefficient (Wildman–Crippen LogP) is -0.364. The number of hydrogen-bond donors (Lipinski definition) is 3. The molecule has 18 heavy (non-hydrogen) atoms. The van der Waals surface area contributed by atoms with Crippen molar-refractivity contribution < 1.29 is 14.7 Å². The van der Waals surface area contributed by atoms with Crippen molar-refractivity contribution in [1.82, 2.24) is 5.32 Å². The van der Waals surface area contributed by atoms with Gasteiger partial charge in [-0.1, -0.05) is 17.9 Å². The van der Waals surface area contributed by atoms with E-state index >= 15 is 0 Å². The Morgan fingerprint density at radius 1 is 1.39 bits per heavy atom. The Morgan fingerprint density at radius 3 is 2.83 bits per heavy atom. The van der Waals surface area contributed by atoms with Gasteiger partial charge in [-0.25, -0.2) is 0 Å². The number of carbonyl (C=O) groups is 2. The van der Waals surface area contributed by atoms with Gasteiger partial charge in [0.2, 0.25) is 5.91 Å². The normalized spacial score (nSPS) is 9.17. The van der Waals surface area contributed by atoms with Crippen LogP contribution in [0.5, 0.6) is 0 Å². The third kappa shape index (κ3) is 4.68. The second-order valence-corrected chi connectivity index (χ2v) is 3.51. The van der Waals surface area contributed by atoms with E-state index in [4.69, 9.17) is 10.8 Å². The van der Waals surface area contributed by atoms with E-state index in [-0.39, 0.29) is 19.1 Å². The molecule has 0 aliphatic rings. The lowest BCUT2D eigenvalue weighted by atomic mass is 10.1. The molecule has 0 aliphatic carbocycles. The van der Waals surface area contributed by atoms with Gasteiger partial charge in [-0.15, -0.1) is 0 Å². The van der Waals surface area contributed by atoms with Crippen molar-refractivity contribution in [2.24, 2.45) is 5.73 Å². The second-order valence-electron chi connectivity index (χ2n) is 3.51. The van der Waals surface area contributed by atoms with E-state index in [1.54, 1.807) is 24.3 Å². The number of primary amides is 1. The summed E-state index contributed by atoms with van der Waals surface area (Å²) in [6.45, 7) is -0.189. The van der Waals surface area contributed by atoms with Crippen LogP contribution < -0.4 is 11.1 Å². The van der Waals surface area contributed by atoms with Gasteiger partial charge in [-0.3, -0.25) is 9.59 Å². The topological polar surface area (TPSA) is 92.4 Å². The summed E-state index contributed by atoms with van der Waals surface area (Å²) < 4.78 is 0. The number of amides is 2. The van der Waals surface area contributed by atoms with Gasteiger partial charge in [0, 0.05) is 17.5 Å². The van der Waals surface area contributed by atoms with Crippen LogP contribution in [0.1, 0.15) is 22.3 Å². The first-order valence-electron chi connectivity index (χ1n) is 5.40. The van der Waals surface area contributed by atoms with Crippen molar-refractivity contribution in [2.45, 2.75) is 6.42 Å². The molecule has 1 aromatic rings. The molecule has 0 aliphatic heterocycles. The van der Waals surface area contributed by atoms with Crippen LogP contribution in [0, 0.1) is 11.8 Å². The van der Waals surface area contributed by atoms with Crippen LogP contribution in [0.15, 0.2) is 24.3 Å².